The minimum atomic E-state index is -0.605. The lowest BCUT2D eigenvalue weighted by molar-refractivity contribution is -0.384. The molecule has 0 bridgehead atoms. The predicted octanol–water partition coefficient (Wildman–Crippen LogP) is 2.00. The highest BCUT2D eigenvalue weighted by atomic mass is 16.6. The third-order valence-electron chi connectivity index (χ3n) is 3.61. The molecule has 0 saturated heterocycles. The Labute approximate surface area is 117 Å². The van der Waals surface area contributed by atoms with Crippen molar-refractivity contribution < 1.29 is 14.8 Å². The van der Waals surface area contributed by atoms with Gasteiger partial charge in [-0.05, 0) is 32.3 Å². The number of hydrogen-bond acceptors (Lipinski definition) is 5. The average molecular weight is 280 g/mol. The molecule has 0 spiro atoms. The molecular formula is C14H20N2O4. The zero-order chi connectivity index (χ0) is 14.6. The topological polar surface area (TPSA) is 84.6 Å². The summed E-state index contributed by atoms with van der Waals surface area (Å²) in [5, 5.41) is 24.0. The van der Waals surface area contributed by atoms with Crippen molar-refractivity contribution in [3.63, 3.8) is 0 Å². The van der Waals surface area contributed by atoms with Crippen LogP contribution in [0, 0.1) is 10.1 Å². The van der Waals surface area contributed by atoms with E-state index in [2.05, 4.69) is 5.32 Å². The molecule has 0 unspecified atom stereocenters. The summed E-state index contributed by atoms with van der Waals surface area (Å²) in [6.45, 7) is 3.32. The van der Waals surface area contributed by atoms with E-state index < -0.39 is 10.5 Å². The summed E-state index contributed by atoms with van der Waals surface area (Å²) in [5.41, 5.74) is 0.184. The average Bonchev–Trinajstić information content (AvgIpc) is 2.38. The Morgan fingerprint density at radius 2 is 2.25 bits per heavy atom. The molecule has 110 valence electrons. The smallest absolute Gasteiger partial charge is 0.270 e. The van der Waals surface area contributed by atoms with Gasteiger partial charge in [0.05, 0.1) is 17.1 Å². The highest BCUT2D eigenvalue weighted by Crippen LogP contribution is 2.31. The van der Waals surface area contributed by atoms with Crippen LogP contribution in [0.5, 0.6) is 5.75 Å². The maximum atomic E-state index is 10.8. The first-order chi connectivity index (χ1) is 9.54. The van der Waals surface area contributed by atoms with Crippen molar-refractivity contribution in [2.75, 3.05) is 13.2 Å². The van der Waals surface area contributed by atoms with Crippen LogP contribution in [0.15, 0.2) is 18.2 Å². The molecule has 0 radical (unpaired) electrons. The second-order valence-corrected chi connectivity index (χ2v) is 5.16. The molecule has 6 heteroatoms. The molecule has 1 saturated carbocycles. The maximum Gasteiger partial charge on any atom is 0.270 e. The number of benzene rings is 1. The molecule has 1 aliphatic carbocycles. The zero-order valence-corrected chi connectivity index (χ0v) is 11.6. The van der Waals surface area contributed by atoms with Gasteiger partial charge in [0.15, 0.2) is 0 Å². The van der Waals surface area contributed by atoms with Crippen LogP contribution < -0.4 is 10.1 Å². The van der Waals surface area contributed by atoms with E-state index in [-0.39, 0.29) is 5.69 Å². The number of non-ortho nitro benzene ring substituents is 1. The first-order valence-corrected chi connectivity index (χ1v) is 6.87. The van der Waals surface area contributed by atoms with Crippen LogP contribution in [0.1, 0.15) is 31.7 Å². The maximum absolute atomic E-state index is 10.8. The summed E-state index contributed by atoms with van der Waals surface area (Å²) in [5.74, 6) is 0.645. The normalized spacial score (nSPS) is 16.5. The summed E-state index contributed by atoms with van der Waals surface area (Å²) in [6.07, 6.45) is 2.68. The van der Waals surface area contributed by atoms with Gasteiger partial charge < -0.3 is 15.2 Å². The Morgan fingerprint density at radius 3 is 2.80 bits per heavy atom. The molecule has 1 aromatic rings. The van der Waals surface area contributed by atoms with Gasteiger partial charge in [0, 0.05) is 30.8 Å². The molecule has 2 rings (SSSR count). The van der Waals surface area contributed by atoms with Crippen molar-refractivity contribution in [1.82, 2.24) is 5.32 Å². The molecule has 1 aliphatic rings. The van der Waals surface area contributed by atoms with Crippen molar-refractivity contribution in [2.45, 2.75) is 38.3 Å². The molecule has 2 N–H and O–H groups in total. The Morgan fingerprint density at radius 1 is 1.50 bits per heavy atom. The molecule has 0 amide bonds. The lowest BCUT2D eigenvalue weighted by Gasteiger charge is -2.36. The van der Waals surface area contributed by atoms with Crippen molar-refractivity contribution in [3.05, 3.63) is 33.9 Å². The van der Waals surface area contributed by atoms with Crippen LogP contribution in [-0.4, -0.2) is 28.8 Å². The first-order valence-electron chi connectivity index (χ1n) is 6.87. The third-order valence-corrected chi connectivity index (χ3v) is 3.61. The Kier molecular flexibility index (Phi) is 4.57. The number of nitrogens with zero attached hydrogens (tertiary/aromatic N) is 1. The molecular weight excluding hydrogens is 260 g/mol. The molecule has 1 aromatic carbocycles. The van der Waals surface area contributed by atoms with Crippen molar-refractivity contribution in [2.24, 2.45) is 0 Å². The van der Waals surface area contributed by atoms with E-state index in [0.717, 1.165) is 24.8 Å². The number of hydrogen-bond donors (Lipinski definition) is 2. The summed E-state index contributed by atoms with van der Waals surface area (Å²) < 4.78 is 5.47. The molecule has 20 heavy (non-hydrogen) atoms. The van der Waals surface area contributed by atoms with E-state index in [0.29, 0.717) is 25.4 Å². The van der Waals surface area contributed by atoms with Crippen molar-refractivity contribution >= 4 is 5.69 Å². The van der Waals surface area contributed by atoms with Gasteiger partial charge in [-0.15, -0.1) is 0 Å². The minimum Gasteiger partial charge on any atom is -0.494 e. The van der Waals surface area contributed by atoms with Crippen molar-refractivity contribution in [1.29, 1.82) is 0 Å². The van der Waals surface area contributed by atoms with Crippen LogP contribution in [0.2, 0.25) is 0 Å². The van der Waals surface area contributed by atoms with E-state index in [9.17, 15) is 15.2 Å². The minimum absolute atomic E-state index is 0.0487. The standard InChI is InChI=1S/C14H20N2O4/c1-2-20-13-5-4-12(16(18)19)8-11(13)9-15-10-14(17)6-3-7-14/h4-5,8,15,17H,2-3,6-7,9-10H2,1H3. The van der Waals surface area contributed by atoms with E-state index in [1.165, 1.54) is 12.1 Å². The Hall–Kier alpha value is -1.66. The quantitative estimate of drug-likeness (QED) is 0.589. The lowest BCUT2D eigenvalue weighted by atomic mass is 9.80. The van der Waals surface area contributed by atoms with Crippen LogP contribution in [0.3, 0.4) is 0 Å². The van der Waals surface area contributed by atoms with Gasteiger partial charge in [-0.3, -0.25) is 10.1 Å². The first kappa shape index (κ1) is 14.7. The van der Waals surface area contributed by atoms with Gasteiger partial charge in [0.1, 0.15) is 5.75 Å². The highest BCUT2D eigenvalue weighted by Gasteiger charge is 2.33. The van der Waals surface area contributed by atoms with Crippen LogP contribution in [0.25, 0.3) is 0 Å². The second-order valence-electron chi connectivity index (χ2n) is 5.16. The van der Waals surface area contributed by atoms with E-state index >= 15 is 0 Å². The number of aliphatic hydroxyl groups is 1. The number of ether oxygens (including phenoxy) is 1. The summed E-state index contributed by atoms with van der Waals surface area (Å²) >= 11 is 0. The summed E-state index contributed by atoms with van der Waals surface area (Å²) in [6, 6.07) is 4.58. The predicted molar refractivity (Wildman–Crippen MR) is 74.8 cm³/mol. The molecule has 6 nitrogen and oxygen atoms in total. The number of rotatable bonds is 7. The van der Waals surface area contributed by atoms with Crippen LogP contribution in [-0.2, 0) is 6.54 Å². The summed E-state index contributed by atoms with van der Waals surface area (Å²) in [4.78, 5) is 10.4. The fraction of sp³-hybridized carbons (Fsp3) is 0.571. The van der Waals surface area contributed by atoms with Gasteiger partial charge in [0.2, 0.25) is 0 Å². The number of nitro benzene ring substituents is 1. The van der Waals surface area contributed by atoms with Gasteiger partial charge in [-0.1, -0.05) is 0 Å². The largest absolute Gasteiger partial charge is 0.494 e. The molecule has 0 aromatic heterocycles. The molecule has 1 fully saturated rings. The molecule has 0 atom stereocenters. The number of nitrogens with one attached hydrogen (secondary N) is 1. The Balaban J connectivity index is 2.02. The van der Waals surface area contributed by atoms with E-state index in [4.69, 9.17) is 4.74 Å². The SMILES string of the molecule is CCOc1ccc([N+](=O)[O-])cc1CNCC1(O)CCC1. The summed E-state index contributed by atoms with van der Waals surface area (Å²) in [7, 11) is 0. The monoisotopic (exact) mass is 280 g/mol. The Bertz CT molecular complexity index is 486. The van der Waals surface area contributed by atoms with Gasteiger partial charge in [0.25, 0.3) is 5.69 Å². The van der Waals surface area contributed by atoms with Gasteiger partial charge >= 0.3 is 0 Å². The third kappa shape index (κ3) is 3.46. The molecule has 0 heterocycles. The van der Waals surface area contributed by atoms with Crippen LogP contribution in [0.4, 0.5) is 5.69 Å². The van der Waals surface area contributed by atoms with E-state index in [1.54, 1.807) is 6.07 Å². The van der Waals surface area contributed by atoms with Crippen molar-refractivity contribution in [3.8, 4) is 5.75 Å². The zero-order valence-electron chi connectivity index (χ0n) is 11.6. The highest BCUT2D eigenvalue weighted by molar-refractivity contribution is 5.43. The lowest BCUT2D eigenvalue weighted by Crippen LogP contribution is -2.46. The van der Waals surface area contributed by atoms with Gasteiger partial charge in [-0.25, -0.2) is 0 Å². The number of nitro groups is 1. The van der Waals surface area contributed by atoms with Gasteiger partial charge in [-0.2, -0.15) is 0 Å². The second kappa shape index (κ2) is 6.19. The fourth-order valence-corrected chi connectivity index (χ4v) is 2.31. The van der Waals surface area contributed by atoms with E-state index in [1.807, 2.05) is 6.92 Å². The molecule has 0 aliphatic heterocycles. The van der Waals surface area contributed by atoms with Crippen LogP contribution >= 0.6 is 0 Å². The fourth-order valence-electron chi connectivity index (χ4n) is 2.31.